The van der Waals surface area contributed by atoms with E-state index in [1.165, 1.54) is 11.1 Å². The molecule has 1 amide bonds. The number of hydrogen-bond donors (Lipinski definition) is 1. The van der Waals surface area contributed by atoms with Crippen LogP contribution in [-0.4, -0.2) is 46.9 Å². The van der Waals surface area contributed by atoms with E-state index in [0.717, 1.165) is 23.3 Å². The number of hydrogen-bond acceptors (Lipinski definition) is 7. The van der Waals surface area contributed by atoms with Crippen molar-refractivity contribution < 1.29 is 36.6 Å². The largest absolute Gasteiger partial charge is 0.573 e. The summed E-state index contributed by atoms with van der Waals surface area (Å²) in [5, 5.41) is 0.685. The van der Waals surface area contributed by atoms with Gasteiger partial charge in [-0.05, 0) is 17.7 Å². The first-order valence-corrected chi connectivity index (χ1v) is 10.3. The highest BCUT2D eigenvalue weighted by molar-refractivity contribution is 5.97. The van der Waals surface area contributed by atoms with Crippen LogP contribution < -0.4 is 10.5 Å². The van der Waals surface area contributed by atoms with Gasteiger partial charge in [-0.25, -0.2) is 14.4 Å². The number of ether oxygens (including phenoxy) is 3. The summed E-state index contributed by atoms with van der Waals surface area (Å²) >= 11 is 0. The third-order valence-corrected chi connectivity index (χ3v) is 5.79. The van der Waals surface area contributed by atoms with Crippen molar-refractivity contribution >= 4 is 22.6 Å². The number of carbonyl (C=O) groups is 1. The molecule has 3 aromatic rings. The molecule has 12 heteroatoms. The standard InChI is InChI=1S/C22H18F4N4O4/c23-16-5-11(34-22(24,25)26)1-2-12(16)19-10-32-4-3-30(19)21(31)17-6-13-14-8-33-9-15(14)20(27)29-18(13)7-28-17/h1-2,5-7,19H,3-4,8-10H2,(H2,27,29). The number of amides is 1. The Hall–Kier alpha value is -3.51. The predicted octanol–water partition coefficient (Wildman–Crippen LogP) is 3.49. The molecular formula is C22H18F4N4O4. The molecule has 8 nitrogen and oxygen atoms in total. The third-order valence-electron chi connectivity index (χ3n) is 5.79. The summed E-state index contributed by atoms with van der Waals surface area (Å²) in [5.74, 6) is -1.77. The second kappa shape index (κ2) is 8.37. The van der Waals surface area contributed by atoms with Crippen LogP contribution in [0.3, 0.4) is 0 Å². The molecule has 1 fully saturated rings. The SMILES string of the molecule is Nc1nc2cnc(C(=O)N3CCOCC3c3ccc(OC(F)(F)F)cc3F)cc2c2c1COC2. The minimum Gasteiger partial charge on any atom is -0.406 e. The Kier molecular flexibility index (Phi) is 5.48. The van der Waals surface area contributed by atoms with E-state index in [2.05, 4.69) is 14.7 Å². The molecule has 0 saturated carbocycles. The minimum absolute atomic E-state index is 0.00657. The predicted molar refractivity (Wildman–Crippen MR) is 110 cm³/mol. The van der Waals surface area contributed by atoms with Crippen molar-refractivity contribution in [3.05, 3.63) is 58.7 Å². The van der Waals surface area contributed by atoms with Crippen LogP contribution in [0.15, 0.2) is 30.5 Å². The first-order chi connectivity index (χ1) is 16.2. The topological polar surface area (TPSA) is 99.8 Å². The van der Waals surface area contributed by atoms with Gasteiger partial charge in [-0.3, -0.25) is 4.79 Å². The number of nitrogens with two attached hydrogens (primary N) is 1. The van der Waals surface area contributed by atoms with Crippen LogP contribution in [0.1, 0.15) is 33.2 Å². The Labute approximate surface area is 190 Å². The van der Waals surface area contributed by atoms with Crippen LogP contribution in [0.25, 0.3) is 10.9 Å². The summed E-state index contributed by atoms with van der Waals surface area (Å²) in [6, 6.07) is 3.52. The van der Waals surface area contributed by atoms with E-state index in [-0.39, 0.29) is 31.0 Å². The van der Waals surface area contributed by atoms with Gasteiger partial charge in [0.1, 0.15) is 23.1 Å². The molecule has 178 valence electrons. The summed E-state index contributed by atoms with van der Waals surface area (Å²) < 4.78 is 66.8. The summed E-state index contributed by atoms with van der Waals surface area (Å²) in [6.45, 7) is 0.984. The lowest BCUT2D eigenvalue weighted by molar-refractivity contribution is -0.274. The van der Waals surface area contributed by atoms with Gasteiger partial charge in [-0.2, -0.15) is 0 Å². The van der Waals surface area contributed by atoms with Gasteiger partial charge in [-0.15, -0.1) is 13.2 Å². The molecule has 1 atom stereocenters. The summed E-state index contributed by atoms with van der Waals surface area (Å²) in [6.07, 6.45) is -3.51. The van der Waals surface area contributed by atoms with Gasteiger partial charge < -0.3 is 24.8 Å². The zero-order chi connectivity index (χ0) is 24.0. The molecule has 2 aromatic heterocycles. The van der Waals surface area contributed by atoms with Gasteiger partial charge in [0.2, 0.25) is 0 Å². The van der Waals surface area contributed by atoms with Crippen LogP contribution >= 0.6 is 0 Å². The maximum absolute atomic E-state index is 14.8. The molecule has 0 aliphatic carbocycles. The monoisotopic (exact) mass is 478 g/mol. The van der Waals surface area contributed by atoms with E-state index in [0.29, 0.717) is 36.0 Å². The molecule has 0 spiro atoms. The Balaban J connectivity index is 1.47. The van der Waals surface area contributed by atoms with Crippen LogP contribution in [0.2, 0.25) is 0 Å². The highest BCUT2D eigenvalue weighted by Crippen LogP contribution is 2.34. The number of anilines is 1. The van der Waals surface area contributed by atoms with E-state index >= 15 is 0 Å². The number of aromatic nitrogens is 2. The Morgan fingerprint density at radius 3 is 2.74 bits per heavy atom. The number of rotatable bonds is 3. The van der Waals surface area contributed by atoms with Gasteiger partial charge in [-0.1, -0.05) is 6.07 Å². The average molecular weight is 478 g/mol. The molecule has 1 unspecified atom stereocenters. The number of nitrogen functional groups attached to an aromatic ring is 1. The maximum Gasteiger partial charge on any atom is 0.573 e. The number of carbonyl (C=O) groups excluding carboxylic acids is 1. The fourth-order valence-electron chi connectivity index (χ4n) is 4.22. The zero-order valence-corrected chi connectivity index (χ0v) is 17.6. The molecule has 2 N–H and O–H groups in total. The van der Waals surface area contributed by atoms with Crippen molar-refractivity contribution in [2.75, 3.05) is 25.5 Å². The van der Waals surface area contributed by atoms with Crippen LogP contribution in [0.4, 0.5) is 23.4 Å². The summed E-state index contributed by atoms with van der Waals surface area (Å²) in [7, 11) is 0. The van der Waals surface area contributed by atoms with Crippen molar-refractivity contribution in [2.24, 2.45) is 0 Å². The van der Waals surface area contributed by atoms with E-state index in [9.17, 15) is 22.4 Å². The second-order valence-corrected chi connectivity index (χ2v) is 7.85. The van der Waals surface area contributed by atoms with Gasteiger partial charge in [0.15, 0.2) is 0 Å². The number of benzene rings is 1. The Morgan fingerprint density at radius 1 is 1.18 bits per heavy atom. The van der Waals surface area contributed by atoms with Crippen molar-refractivity contribution in [2.45, 2.75) is 25.6 Å². The molecule has 1 saturated heterocycles. The quantitative estimate of drug-likeness (QED) is 0.576. The van der Waals surface area contributed by atoms with Crippen LogP contribution in [-0.2, 0) is 22.7 Å². The zero-order valence-electron chi connectivity index (χ0n) is 17.6. The van der Waals surface area contributed by atoms with Crippen molar-refractivity contribution in [3.8, 4) is 5.75 Å². The molecule has 1 aromatic carbocycles. The lowest BCUT2D eigenvalue weighted by Gasteiger charge is -2.36. The first kappa shape index (κ1) is 22.3. The van der Waals surface area contributed by atoms with Gasteiger partial charge in [0.05, 0.1) is 44.2 Å². The van der Waals surface area contributed by atoms with E-state index < -0.39 is 29.9 Å². The molecular weight excluding hydrogens is 460 g/mol. The maximum atomic E-state index is 14.8. The molecule has 34 heavy (non-hydrogen) atoms. The Morgan fingerprint density at radius 2 is 1.97 bits per heavy atom. The molecule has 0 bridgehead atoms. The summed E-state index contributed by atoms with van der Waals surface area (Å²) in [5.41, 5.74) is 8.22. The number of nitrogens with zero attached hydrogens (tertiary/aromatic N) is 3. The molecule has 4 heterocycles. The lowest BCUT2D eigenvalue weighted by Crippen LogP contribution is -2.44. The van der Waals surface area contributed by atoms with Crippen LogP contribution in [0.5, 0.6) is 5.75 Å². The van der Waals surface area contributed by atoms with Crippen molar-refractivity contribution in [3.63, 3.8) is 0 Å². The third kappa shape index (κ3) is 4.10. The van der Waals surface area contributed by atoms with Gasteiger partial charge >= 0.3 is 6.36 Å². The highest BCUT2D eigenvalue weighted by Gasteiger charge is 2.34. The molecule has 2 aliphatic heterocycles. The average Bonchev–Trinajstić information content (AvgIpc) is 3.29. The first-order valence-electron chi connectivity index (χ1n) is 10.3. The highest BCUT2D eigenvalue weighted by atomic mass is 19.4. The van der Waals surface area contributed by atoms with E-state index in [4.69, 9.17) is 15.2 Å². The number of halogens is 4. The van der Waals surface area contributed by atoms with Gasteiger partial charge in [0.25, 0.3) is 5.91 Å². The van der Waals surface area contributed by atoms with Crippen LogP contribution in [0, 0.1) is 5.82 Å². The smallest absolute Gasteiger partial charge is 0.406 e. The fraction of sp³-hybridized carbons (Fsp3) is 0.318. The number of fused-ring (bicyclic) bond motifs is 3. The summed E-state index contributed by atoms with van der Waals surface area (Å²) in [4.78, 5) is 23.3. The van der Waals surface area contributed by atoms with E-state index in [1.807, 2.05) is 0 Å². The number of morpholine rings is 1. The minimum atomic E-state index is -4.95. The lowest BCUT2D eigenvalue weighted by atomic mass is 10.0. The second-order valence-electron chi connectivity index (χ2n) is 7.85. The Bertz CT molecular complexity index is 1280. The van der Waals surface area contributed by atoms with E-state index in [1.54, 1.807) is 6.07 Å². The van der Waals surface area contributed by atoms with Crippen molar-refractivity contribution in [1.82, 2.24) is 14.9 Å². The molecule has 2 aliphatic rings. The van der Waals surface area contributed by atoms with Gasteiger partial charge in [0, 0.05) is 29.1 Å². The normalized spacial score (nSPS) is 18.2. The number of alkyl halides is 3. The van der Waals surface area contributed by atoms with Crippen molar-refractivity contribution in [1.29, 1.82) is 0 Å². The molecule has 0 radical (unpaired) electrons. The molecule has 5 rings (SSSR count). The number of pyridine rings is 2. The fourth-order valence-corrected chi connectivity index (χ4v) is 4.22.